The summed E-state index contributed by atoms with van der Waals surface area (Å²) in [7, 11) is -1.28. The van der Waals surface area contributed by atoms with Crippen LogP contribution >= 0.6 is 27.5 Å². The molecule has 2 aromatic rings. The maximum absolute atomic E-state index is 12.3. The molecule has 0 aliphatic heterocycles. The minimum Gasteiger partial charge on any atom is -0.478 e. The van der Waals surface area contributed by atoms with Crippen molar-refractivity contribution >= 4 is 44.3 Å². The second-order valence-corrected chi connectivity index (χ2v) is 6.71. The molecule has 0 spiro atoms. The van der Waals surface area contributed by atoms with Crippen molar-refractivity contribution in [1.82, 2.24) is 0 Å². The molecule has 0 saturated carbocycles. The minimum absolute atomic E-state index is 0.184. The molecule has 2 rings (SSSR count). The van der Waals surface area contributed by atoms with E-state index in [0.29, 0.717) is 14.4 Å². The van der Waals surface area contributed by atoms with Crippen molar-refractivity contribution in [1.29, 1.82) is 0 Å². The van der Waals surface area contributed by atoms with Crippen molar-refractivity contribution < 1.29 is 14.1 Å². The number of carbonyl (C=O) groups is 1. The van der Waals surface area contributed by atoms with Crippen molar-refractivity contribution in [2.45, 2.75) is 10.6 Å². The number of benzene rings is 2. The van der Waals surface area contributed by atoms with Crippen molar-refractivity contribution in [2.75, 3.05) is 0 Å². The molecular formula is C14H10BrClO3S. The van der Waals surface area contributed by atoms with Gasteiger partial charge in [-0.1, -0.05) is 45.7 Å². The normalized spacial score (nSPS) is 12.1. The number of carboxylic acid groups (broad SMARTS) is 1. The first-order valence-electron chi connectivity index (χ1n) is 5.63. The molecule has 3 nitrogen and oxygen atoms in total. The molecule has 0 heterocycles. The Morgan fingerprint density at radius 2 is 1.95 bits per heavy atom. The molecule has 0 fully saturated rings. The fourth-order valence-corrected chi connectivity index (χ4v) is 3.95. The first-order chi connectivity index (χ1) is 9.49. The molecule has 20 heavy (non-hydrogen) atoms. The fraction of sp³-hybridized carbons (Fsp3) is 0.0714. The van der Waals surface area contributed by atoms with E-state index < -0.39 is 16.8 Å². The number of hydrogen-bond acceptors (Lipinski definition) is 2. The Bertz CT molecular complexity index is 688. The molecule has 0 bridgehead atoms. The van der Waals surface area contributed by atoms with Gasteiger partial charge >= 0.3 is 5.97 Å². The summed E-state index contributed by atoms with van der Waals surface area (Å²) < 4.78 is 12.9. The van der Waals surface area contributed by atoms with E-state index in [1.807, 2.05) is 0 Å². The van der Waals surface area contributed by atoms with Gasteiger partial charge in [-0.15, -0.1) is 0 Å². The lowest BCUT2D eigenvalue weighted by Crippen LogP contribution is -2.01. The standard InChI is InChI=1S/C14H10BrClO3S/c15-11-7-9(14(17)18)5-6-10(11)8-20(19)13-4-2-1-3-12(13)16/h1-7H,8H2,(H,17,18). The summed E-state index contributed by atoms with van der Waals surface area (Å²) in [5, 5.41) is 9.36. The highest BCUT2D eigenvalue weighted by molar-refractivity contribution is 9.10. The van der Waals surface area contributed by atoms with Crippen LogP contribution in [0.2, 0.25) is 5.02 Å². The topological polar surface area (TPSA) is 54.4 Å². The van der Waals surface area contributed by atoms with Gasteiger partial charge in [0.25, 0.3) is 0 Å². The Kier molecular flexibility index (Phi) is 4.96. The molecule has 1 unspecified atom stereocenters. The van der Waals surface area contributed by atoms with E-state index >= 15 is 0 Å². The van der Waals surface area contributed by atoms with Crippen molar-refractivity contribution in [3.8, 4) is 0 Å². The predicted molar refractivity (Wildman–Crippen MR) is 82.7 cm³/mol. The van der Waals surface area contributed by atoms with Gasteiger partial charge in [0.05, 0.1) is 32.0 Å². The summed E-state index contributed by atoms with van der Waals surface area (Å²) in [5.41, 5.74) is 0.956. The second kappa shape index (κ2) is 6.52. The van der Waals surface area contributed by atoms with E-state index in [1.165, 1.54) is 12.1 Å². The molecule has 0 saturated heterocycles. The summed E-state index contributed by atoms with van der Waals surface area (Å²) in [5.74, 6) is -0.728. The molecule has 0 amide bonds. The lowest BCUT2D eigenvalue weighted by Gasteiger charge is -2.07. The van der Waals surface area contributed by atoms with Crippen molar-refractivity contribution in [3.63, 3.8) is 0 Å². The van der Waals surface area contributed by atoms with Gasteiger partial charge in [-0.25, -0.2) is 4.79 Å². The van der Waals surface area contributed by atoms with Crippen LogP contribution in [0.25, 0.3) is 0 Å². The van der Waals surface area contributed by atoms with Crippen LogP contribution in [-0.2, 0) is 16.6 Å². The third-order valence-electron chi connectivity index (χ3n) is 2.67. The number of rotatable bonds is 4. The van der Waals surface area contributed by atoms with Crippen molar-refractivity contribution in [2.24, 2.45) is 0 Å². The van der Waals surface area contributed by atoms with E-state index in [4.69, 9.17) is 16.7 Å². The van der Waals surface area contributed by atoms with Crippen LogP contribution in [0.5, 0.6) is 0 Å². The average Bonchev–Trinajstić information content (AvgIpc) is 2.41. The molecule has 0 aliphatic carbocycles. The van der Waals surface area contributed by atoms with Gasteiger partial charge in [-0.3, -0.25) is 4.21 Å². The van der Waals surface area contributed by atoms with Crippen LogP contribution in [0.15, 0.2) is 51.8 Å². The summed E-state index contributed by atoms with van der Waals surface area (Å²) in [6.45, 7) is 0. The van der Waals surface area contributed by atoms with Crippen LogP contribution in [0.3, 0.4) is 0 Å². The van der Waals surface area contributed by atoms with E-state index in [9.17, 15) is 9.00 Å². The molecule has 0 radical (unpaired) electrons. The lowest BCUT2D eigenvalue weighted by atomic mass is 10.1. The molecule has 1 N–H and O–H groups in total. The SMILES string of the molecule is O=C(O)c1ccc(CS(=O)c2ccccc2Cl)c(Br)c1. The Balaban J connectivity index is 2.25. The van der Waals surface area contributed by atoms with Crippen LogP contribution < -0.4 is 0 Å². The monoisotopic (exact) mass is 372 g/mol. The molecular weight excluding hydrogens is 364 g/mol. The molecule has 6 heteroatoms. The maximum atomic E-state index is 12.3. The van der Waals surface area contributed by atoms with Gasteiger partial charge in [-0.2, -0.15) is 0 Å². The van der Waals surface area contributed by atoms with E-state index in [0.717, 1.165) is 5.56 Å². The maximum Gasteiger partial charge on any atom is 0.335 e. The zero-order chi connectivity index (χ0) is 14.7. The fourth-order valence-electron chi connectivity index (χ4n) is 1.65. The van der Waals surface area contributed by atoms with E-state index in [1.54, 1.807) is 30.3 Å². The molecule has 0 aromatic heterocycles. The van der Waals surface area contributed by atoms with Crippen molar-refractivity contribution in [3.05, 3.63) is 63.1 Å². The van der Waals surface area contributed by atoms with Crippen LogP contribution in [0.1, 0.15) is 15.9 Å². The van der Waals surface area contributed by atoms with E-state index in [2.05, 4.69) is 15.9 Å². The first-order valence-corrected chi connectivity index (χ1v) is 8.12. The van der Waals surface area contributed by atoms with Crippen LogP contribution in [0.4, 0.5) is 0 Å². The Labute approximate surface area is 132 Å². The number of hydrogen-bond donors (Lipinski definition) is 1. The smallest absolute Gasteiger partial charge is 0.335 e. The second-order valence-electron chi connectivity index (χ2n) is 4.03. The Morgan fingerprint density at radius 3 is 2.55 bits per heavy atom. The predicted octanol–water partition coefficient (Wildman–Crippen LogP) is 4.11. The quantitative estimate of drug-likeness (QED) is 0.877. The van der Waals surface area contributed by atoms with Crippen LogP contribution in [-0.4, -0.2) is 15.3 Å². The number of aromatic carboxylic acids is 1. The molecule has 104 valence electrons. The van der Waals surface area contributed by atoms with Gasteiger partial charge in [0.2, 0.25) is 0 Å². The van der Waals surface area contributed by atoms with Gasteiger partial charge in [0.15, 0.2) is 0 Å². The highest BCUT2D eigenvalue weighted by Gasteiger charge is 2.12. The summed E-state index contributed by atoms with van der Waals surface area (Å²) in [6.07, 6.45) is 0. The zero-order valence-corrected chi connectivity index (χ0v) is 13.3. The highest BCUT2D eigenvalue weighted by atomic mass is 79.9. The van der Waals surface area contributed by atoms with Gasteiger partial charge < -0.3 is 5.11 Å². The first kappa shape index (κ1) is 15.2. The minimum atomic E-state index is -1.28. The summed E-state index contributed by atoms with van der Waals surface area (Å²) in [6, 6.07) is 11.6. The van der Waals surface area contributed by atoms with E-state index in [-0.39, 0.29) is 11.3 Å². The molecule has 2 aromatic carbocycles. The van der Waals surface area contributed by atoms with Gasteiger partial charge in [0, 0.05) is 4.47 Å². The van der Waals surface area contributed by atoms with Gasteiger partial charge in [-0.05, 0) is 29.8 Å². The van der Waals surface area contributed by atoms with Crippen LogP contribution in [0, 0.1) is 0 Å². The van der Waals surface area contributed by atoms with Gasteiger partial charge in [0.1, 0.15) is 0 Å². The molecule has 0 aliphatic rings. The summed E-state index contributed by atoms with van der Waals surface area (Å²) in [4.78, 5) is 11.4. The summed E-state index contributed by atoms with van der Waals surface area (Å²) >= 11 is 9.31. The Hall–Kier alpha value is -1.17. The average molecular weight is 374 g/mol. The Morgan fingerprint density at radius 1 is 1.25 bits per heavy atom. The number of halogens is 2. The third kappa shape index (κ3) is 3.48. The third-order valence-corrected chi connectivity index (χ3v) is 5.27. The zero-order valence-electron chi connectivity index (χ0n) is 10.2. The highest BCUT2D eigenvalue weighted by Crippen LogP contribution is 2.25. The molecule has 1 atom stereocenters. The number of carboxylic acids is 1. The lowest BCUT2D eigenvalue weighted by molar-refractivity contribution is 0.0697. The largest absolute Gasteiger partial charge is 0.478 e.